The Balaban J connectivity index is 1.95. The topological polar surface area (TPSA) is 48.7 Å². The molecule has 1 aromatic heterocycles. The second-order valence-corrected chi connectivity index (χ2v) is 6.88. The molecule has 20 heavy (non-hydrogen) atoms. The number of nitrogens with zero attached hydrogens (tertiary/aromatic N) is 2. The van der Waals surface area contributed by atoms with Crippen LogP contribution >= 0.6 is 11.3 Å². The van der Waals surface area contributed by atoms with Crippen LogP contribution in [-0.4, -0.2) is 4.98 Å². The number of rotatable bonds is 4. The smallest absolute Gasteiger partial charge is 0.0981 e. The van der Waals surface area contributed by atoms with Crippen LogP contribution in [0.4, 0.5) is 5.69 Å². The van der Waals surface area contributed by atoms with Crippen LogP contribution in [0.25, 0.3) is 0 Å². The molecule has 0 saturated carbocycles. The minimum absolute atomic E-state index is 0.113. The number of hydrogen-bond donors (Lipinski definition) is 1. The number of nitrogens with one attached hydrogen (secondary N) is 1. The van der Waals surface area contributed by atoms with Gasteiger partial charge in [-0.25, -0.2) is 4.98 Å². The molecule has 0 unspecified atom stereocenters. The van der Waals surface area contributed by atoms with Crippen molar-refractivity contribution in [1.82, 2.24) is 4.98 Å². The van der Waals surface area contributed by atoms with Crippen molar-refractivity contribution in [2.24, 2.45) is 0 Å². The first kappa shape index (κ1) is 14.5. The van der Waals surface area contributed by atoms with Gasteiger partial charge in [-0.1, -0.05) is 32.9 Å². The molecule has 3 nitrogen and oxygen atoms in total. The van der Waals surface area contributed by atoms with Crippen molar-refractivity contribution in [3.8, 4) is 6.07 Å². The average molecular weight is 285 g/mol. The lowest BCUT2D eigenvalue weighted by Crippen LogP contribution is -2.09. The average Bonchev–Trinajstić information content (AvgIpc) is 2.87. The van der Waals surface area contributed by atoms with Gasteiger partial charge >= 0.3 is 0 Å². The van der Waals surface area contributed by atoms with Gasteiger partial charge in [0.25, 0.3) is 0 Å². The number of benzene rings is 1. The predicted octanol–water partition coefficient (Wildman–Crippen LogP) is 4.12. The highest BCUT2D eigenvalue weighted by Gasteiger charge is 2.17. The van der Waals surface area contributed by atoms with E-state index in [0.717, 1.165) is 17.8 Å². The molecule has 1 N–H and O–H groups in total. The molecule has 0 aliphatic heterocycles. The number of hydrogen-bond acceptors (Lipinski definition) is 4. The molecule has 2 aromatic rings. The molecule has 1 aromatic carbocycles. The second kappa shape index (κ2) is 6.06. The van der Waals surface area contributed by atoms with Gasteiger partial charge in [0.1, 0.15) is 0 Å². The zero-order valence-electron chi connectivity index (χ0n) is 12.1. The van der Waals surface area contributed by atoms with E-state index in [1.54, 1.807) is 11.3 Å². The maximum Gasteiger partial charge on any atom is 0.0981 e. The van der Waals surface area contributed by atoms with Gasteiger partial charge in [-0.15, -0.1) is 11.3 Å². The lowest BCUT2D eigenvalue weighted by Gasteiger charge is -2.13. The van der Waals surface area contributed by atoms with Crippen LogP contribution in [0.1, 0.15) is 36.2 Å². The van der Waals surface area contributed by atoms with Gasteiger partial charge in [-0.05, 0) is 17.7 Å². The molecule has 2 rings (SSSR count). The van der Waals surface area contributed by atoms with Gasteiger partial charge in [0, 0.05) is 22.2 Å². The molecule has 0 aliphatic carbocycles. The molecule has 0 saturated heterocycles. The monoisotopic (exact) mass is 285 g/mol. The molecular formula is C16H19N3S. The van der Waals surface area contributed by atoms with Crippen LogP contribution in [0, 0.1) is 11.3 Å². The van der Waals surface area contributed by atoms with Crippen molar-refractivity contribution in [3.63, 3.8) is 0 Å². The van der Waals surface area contributed by atoms with Crippen molar-refractivity contribution >= 4 is 17.0 Å². The Kier molecular flexibility index (Phi) is 4.41. The molecule has 4 heteroatoms. The van der Waals surface area contributed by atoms with Crippen LogP contribution in [0.2, 0.25) is 0 Å². The molecule has 1 heterocycles. The third kappa shape index (κ3) is 3.82. The van der Waals surface area contributed by atoms with E-state index in [0.29, 0.717) is 6.42 Å². The minimum Gasteiger partial charge on any atom is -0.380 e. The summed E-state index contributed by atoms with van der Waals surface area (Å²) in [6.45, 7) is 7.32. The maximum absolute atomic E-state index is 8.64. The SMILES string of the molecule is CC(C)(C)c1ncc(CNc2ccc(CC#N)cc2)s1. The molecule has 0 aliphatic rings. The van der Waals surface area contributed by atoms with Crippen LogP contribution in [0.5, 0.6) is 0 Å². The normalized spacial score (nSPS) is 11.1. The highest BCUT2D eigenvalue weighted by Crippen LogP contribution is 2.27. The van der Waals surface area contributed by atoms with Gasteiger partial charge in [-0.2, -0.15) is 5.26 Å². The summed E-state index contributed by atoms with van der Waals surface area (Å²) in [5.74, 6) is 0. The van der Waals surface area contributed by atoms with E-state index in [4.69, 9.17) is 5.26 Å². The Morgan fingerprint density at radius 1 is 1.25 bits per heavy atom. The van der Waals surface area contributed by atoms with Crippen molar-refractivity contribution in [2.45, 2.75) is 39.2 Å². The largest absolute Gasteiger partial charge is 0.380 e. The third-order valence-electron chi connectivity index (χ3n) is 2.90. The van der Waals surface area contributed by atoms with E-state index in [1.807, 2.05) is 30.5 Å². The number of nitriles is 1. The first-order valence-electron chi connectivity index (χ1n) is 6.64. The summed E-state index contributed by atoms with van der Waals surface area (Å²) in [4.78, 5) is 5.71. The number of anilines is 1. The zero-order valence-corrected chi connectivity index (χ0v) is 12.9. The van der Waals surface area contributed by atoms with Gasteiger partial charge in [0.05, 0.1) is 24.0 Å². The molecular weight excluding hydrogens is 266 g/mol. The van der Waals surface area contributed by atoms with Crippen LogP contribution < -0.4 is 5.32 Å². The van der Waals surface area contributed by atoms with Crippen molar-refractivity contribution in [2.75, 3.05) is 5.32 Å². The molecule has 0 atom stereocenters. The Morgan fingerprint density at radius 2 is 1.95 bits per heavy atom. The molecule has 104 valence electrons. The summed E-state index contributed by atoms with van der Waals surface area (Å²) in [7, 11) is 0. The Bertz CT molecular complexity index is 600. The van der Waals surface area contributed by atoms with E-state index in [-0.39, 0.29) is 5.41 Å². The first-order valence-corrected chi connectivity index (χ1v) is 7.45. The molecule has 0 radical (unpaired) electrons. The Labute approximate surface area is 124 Å². The second-order valence-electron chi connectivity index (χ2n) is 5.77. The summed E-state index contributed by atoms with van der Waals surface area (Å²) in [5, 5.41) is 13.2. The summed E-state index contributed by atoms with van der Waals surface area (Å²) in [6, 6.07) is 10.1. The van der Waals surface area contributed by atoms with Gasteiger partial charge in [-0.3, -0.25) is 0 Å². The number of thiazole rings is 1. The minimum atomic E-state index is 0.113. The fourth-order valence-corrected chi connectivity index (χ4v) is 2.67. The van der Waals surface area contributed by atoms with Crippen LogP contribution in [0.15, 0.2) is 30.5 Å². The van der Waals surface area contributed by atoms with E-state index in [9.17, 15) is 0 Å². The maximum atomic E-state index is 8.64. The van der Waals surface area contributed by atoms with Gasteiger partial charge in [0.15, 0.2) is 0 Å². The van der Waals surface area contributed by atoms with E-state index in [2.05, 4.69) is 37.1 Å². The highest BCUT2D eigenvalue weighted by atomic mass is 32.1. The lowest BCUT2D eigenvalue weighted by atomic mass is 9.98. The Morgan fingerprint density at radius 3 is 2.50 bits per heavy atom. The van der Waals surface area contributed by atoms with E-state index >= 15 is 0 Å². The van der Waals surface area contributed by atoms with E-state index in [1.165, 1.54) is 9.88 Å². The summed E-state index contributed by atoms with van der Waals surface area (Å²) in [5.41, 5.74) is 2.23. The summed E-state index contributed by atoms with van der Waals surface area (Å²) >= 11 is 1.75. The van der Waals surface area contributed by atoms with Crippen LogP contribution in [0.3, 0.4) is 0 Å². The highest BCUT2D eigenvalue weighted by molar-refractivity contribution is 7.11. The molecule has 0 amide bonds. The summed E-state index contributed by atoms with van der Waals surface area (Å²) in [6.07, 6.45) is 2.41. The first-order chi connectivity index (χ1) is 9.49. The third-order valence-corrected chi connectivity index (χ3v) is 4.32. The fourth-order valence-electron chi connectivity index (χ4n) is 1.76. The molecule has 0 bridgehead atoms. The van der Waals surface area contributed by atoms with Crippen molar-refractivity contribution in [1.29, 1.82) is 5.26 Å². The fraction of sp³-hybridized carbons (Fsp3) is 0.375. The Hall–Kier alpha value is -1.86. The quantitative estimate of drug-likeness (QED) is 0.919. The zero-order chi connectivity index (χ0) is 14.6. The standard InChI is InChI=1S/C16H19N3S/c1-16(2,3)15-19-11-14(20-15)10-18-13-6-4-12(5-7-13)8-9-17/h4-7,11,18H,8,10H2,1-3H3. The van der Waals surface area contributed by atoms with Crippen molar-refractivity contribution in [3.05, 3.63) is 45.9 Å². The van der Waals surface area contributed by atoms with E-state index < -0.39 is 0 Å². The van der Waals surface area contributed by atoms with Gasteiger partial charge in [0.2, 0.25) is 0 Å². The van der Waals surface area contributed by atoms with Crippen LogP contribution in [-0.2, 0) is 18.4 Å². The molecule has 0 spiro atoms. The van der Waals surface area contributed by atoms with Crippen molar-refractivity contribution < 1.29 is 0 Å². The van der Waals surface area contributed by atoms with Gasteiger partial charge < -0.3 is 5.32 Å². The lowest BCUT2D eigenvalue weighted by molar-refractivity contribution is 0.585. The summed E-state index contributed by atoms with van der Waals surface area (Å²) < 4.78 is 0. The predicted molar refractivity (Wildman–Crippen MR) is 83.9 cm³/mol. The number of aromatic nitrogens is 1. The molecule has 0 fully saturated rings.